The van der Waals surface area contributed by atoms with Gasteiger partial charge in [0.05, 0.1) is 31.1 Å². The summed E-state index contributed by atoms with van der Waals surface area (Å²) in [5.74, 6) is -1.92. The van der Waals surface area contributed by atoms with Crippen molar-refractivity contribution in [2.75, 3.05) is 14.2 Å². The number of aromatic amines is 1. The van der Waals surface area contributed by atoms with E-state index >= 15 is 0 Å². The number of carboxylic acids is 1. The molecule has 0 radical (unpaired) electrons. The summed E-state index contributed by atoms with van der Waals surface area (Å²) >= 11 is 2.80. The number of carbonyl (C=O) groups is 3. The van der Waals surface area contributed by atoms with Crippen molar-refractivity contribution in [1.29, 1.82) is 0 Å². The van der Waals surface area contributed by atoms with Crippen molar-refractivity contribution in [3.05, 3.63) is 38.3 Å². The van der Waals surface area contributed by atoms with Gasteiger partial charge in [-0.25, -0.2) is 4.79 Å². The Labute approximate surface area is 227 Å². The monoisotopic (exact) mass is 558 g/mol. The fourth-order valence-electron chi connectivity index (χ4n) is 7.53. The first-order chi connectivity index (χ1) is 18.2. The van der Waals surface area contributed by atoms with Gasteiger partial charge in [-0.3, -0.25) is 19.3 Å². The SMILES string of the molecule is COc1ccc([C@@H]2c3sc(=O)[nH]c3S[C@H]3[C@@H]4C[C@@H]([C@@H]5C(=O)N([C@@H](CC(C)C)C(=O)O)C(=O)[C@@H]45)[C@H]23)cc1OC. The average Bonchev–Trinajstić information content (AvgIpc) is 3.61. The lowest BCUT2D eigenvalue weighted by atomic mass is 9.68. The third-order valence-electron chi connectivity index (χ3n) is 8.82. The zero-order valence-electron chi connectivity index (χ0n) is 21.5. The highest BCUT2D eigenvalue weighted by Crippen LogP contribution is 2.68. The van der Waals surface area contributed by atoms with Gasteiger partial charge in [0, 0.05) is 16.0 Å². The van der Waals surface area contributed by atoms with Crippen LogP contribution in [0.1, 0.15) is 43.0 Å². The summed E-state index contributed by atoms with van der Waals surface area (Å²) in [7, 11) is 3.16. The maximum absolute atomic E-state index is 13.8. The fourth-order valence-corrected chi connectivity index (χ4v) is 10.4. The Hall–Kier alpha value is -2.79. The third-order valence-corrected chi connectivity index (χ3v) is 11.4. The van der Waals surface area contributed by atoms with Crippen LogP contribution in [0.2, 0.25) is 0 Å². The second kappa shape index (κ2) is 9.15. The Morgan fingerprint density at radius 3 is 2.42 bits per heavy atom. The van der Waals surface area contributed by atoms with E-state index in [0.717, 1.165) is 26.8 Å². The molecule has 9 nitrogen and oxygen atoms in total. The Bertz CT molecular complexity index is 1380. The number of H-pyrrole nitrogens is 1. The molecule has 2 bridgehead atoms. The van der Waals surface area contributed by atoms with E-state index in [1.807, 2.05) is 32.0 Å². The predicted molar refractivity (Wildman–Crippen MR) is 141 cm³/mol. The van der Waals surface area contributed by atoms with Crippen molar-refractivity contribution in [2.45, 2.75) is 48.9 Å². The highest BCUT2D eigenvalue weighted by Gasteiger charge is 2.70. The number of aliphatic carboxylic acids is 1. The predicted octanol–water partition coefficient (Wildman–Crippen LogP) is 3.43. The molecule has 6 rings (SSSR count). The molecule has 2 aromatic rings. The number of aromatic nitrogens is 1. The van der Waals surface area contributed by atoms with E-state index in [0.29, 0.717) is 11.5 Å². The van der Waals surface area contributed by atoms with E-state index < -0.39 is 23.8 Å². The number of nitrogens with zero attached hydrogens (tertiary/aromatic N) is 1. The minimum absolute atomic E-state index is 0.0216. The normalized spacial score (nSPS) is 31.8. The second-order valence-electron chi connectivity index (χ2n) is 11.1. The van der Waals surface area contributed by atoms with Crippen molar-refractivity contribution >= 4 is 40.9 Å². The van der Waals surface area contributed by atoms with Crippen LogP contribution in [-0.2, 0) is 14.4 Å². The molecular formula is C27H30N2O7S2. The van der Waals surface area contributed by atoms with E-state index in [4.69, 9.17) is 9.47 Å². The first-order valence-corrected chi connectivity index (χ1v) is 14.6. The molecule has 202 valence electrons. The fraction of sp³-hybridized carbons (Fsp3) is 0.556. The van der Waals surface area contributed by atoms with Gasteiger partial charge in [0.25, 0.3) is 0 Å². The van der Waals surface area contributed by atoms with Gasteiger partial charge in [0.1, 0.15) is 6.04 Å². The number of ether oxygens (including phenoxy) is 2. The number of thiazole rings is 1. The topological polar surface area (TPSA) is 126 Å². The number of rotatable bonds is 7. The van der Waals surface area contributed by atoms with Crippen LogP contribution in [0.4, 0.5) is 0 Å². The Kier molecular flexibility index (Phi) is 6.14. The molecule has 0 spiro atoms. The molecule has 2 N–H and O–H groups in total. The van der Waals surface area contributed by atoms with Gasteiger partial charge >= 0.3 is 10.8 Å². The molecule has 8 atom stereocenters. The largest absolute Gasteiger partial charge is 0.493 e. The first kappa shape index (κ1) is 25.5. The highest BCUT2D eigenvalue weighted by molar-refractivity contribution is 8.00. The van der Waals surface area contributed by atoms with Crippen LogP contribution in [0.5, 0.6) is 11.5 Å². The van der Waals surface area contributed by atoms with Crippen LogP contribution in [0.3, 0.4) is 0 Å². The summed E-state index contributed by atoms with van der Waals surface area (Å²) < 4.78 is 11.0. The minimum Gasteiger partial charge on any atom is -0.493 e. The maximum Gasteiger partial charge on any atom is 0.326 e. The molecule has 2 aliphatic heterocycles. The summed E-state index contributed by atoms with van der Waals surface area (Å²) in [4.78, 5) is 57.0. The smallest absolute Gasteiger partial charge is 0.326 e. The van der Waals surface area contributed by atoms with Crippen LogP contribution < -0.4 is 14.3 Å². The zero-order chi connectivity index (χ0) is 27.0. The molecule has 1 aromatic carbocycles. The lowest BCUT2D eigenvalue weighted by molar-refractivity contribution is -0.156. The van der Waals surface area contributed by atoms with Crippen LogP contribution in [0.15, 0.2) is 28.0 Å². The van der Waals surface area contributed by atoms with E-state index in [9.17, 15) is 24.3 Å². The molecule has 3 heterocycles. The Balaban J connectivity index is 1.43. The van der Waals surface area contributed by atoms with Gasteiger partial charge in [-0.2, -0.15) is 0 Å². The molecule has 4 aliphatic rings. The van der Waals surface area contributed by atoms with Crippen LogP contribution in [-0.4, -0.2) is 58.3 Å². The van der Waals surface area contributed by atoms with E-state index in [-0.39, 0.29) is 57.9 Å². The second-order valence-corrected chi connectivity index (χ2v) is 13.3. The number of imide groups is 1. The molecule has 3 fully saturated rings. The molecule has 1 saturated heterocycles. The molecule has 2 amide bonds. The van der Waals surface area contributed by atoms with Gasteiger partial charge in [0.2, 0.25) is 11.8 Å². The maximum atomic E-state index is 13.8. The zero-order valence-corrected chi connectivity index (χ0v) is 23.1. The number of nitrogens with one attached hydrogen (secondary N) is 1. The third kappa shape index (κ3) is 3.57. The quantitative estimate of drug-likeness (QED) is 0.495. The minimum atomic E-state index is -1.14. The van der Waals surface area contributed by atoms with E-state index in [1.165, 1.54) is 11.3 Å². The molecule has 0 unspecified atom stereocenters. The number of benzene rings is 1. The molecule has 2 saturated carbocycles. The molecule has 1 aromatic heterocycles. The average molecular weight is 559 g/mol. The van der Waals surface area contributed by atoms with Gasteiger partial charge in [-0.1, -0.05) is 31.3 Å². The number of methoxy groups -OCH3 is 2. The number of hydrogen-bond donors (Lipinski definition) is 2. The number of thioether (sulfide) groups is 1. The summed E-state index contributed by atoms with van der Waals surface area (Å²) in [5.41, 5.74) is 0.968. The number of carboxylic acid groups (broad SMARTS) is 1. The number of hydrogen-bond acceptors (Lipinski definition) is 8. The van der Waals surface area contributed by atoms with Crippen molar-refractivity contribution < 1.29 is 29.0 Å². The number of amides is 2. The number of carbonyl (C=O) groups excluding carboxylic acids is 2. The summed E-state index contributed by atoms with van der Waals surface area (Å²) in [5, 5.41) is 10.8. The summed E-state index contributed by atoms with van der Waals surface area (Å²) in [6, 6.07) is 4.62. The Morgan fingerprint density at radius 2 is 1.79 bits per heavy atom. The standard InChI is InChI=1S/C27H30N2O7S2/c1-10(2)7-14(26(32)33)29-24(30)19-12-9-13(20(19)25(29)31)21-18(12)17(22-23(37-21)28-27(34)38-22)11-5-6-15(35-3)16(8-11)36-4/h5-6,8,10,12-14,17-21H,7,9H2,1-4H3,(H,28,34)(H,32,33)/t12-,13-,14+,17+,18-,19+,20+,21+/m1/s1. The van der Waals surface area contributed by atoms with E-state index in [2.05, 4.69) is 4.98 Å². The molecule has 38 heavy (non-hydrogen) atoms. The van der Waals surface area contributed by atoms with E-state index in [1.54, 1.807) is 26.0 Å². The van der Waals surface area contributed by atoms with Gasteiger partial charge in [-0.15, -0.1) is 11.8 Å². The van der Waals surface area contributed by atoms with Crippen LogP contribution in [0.25, 0.3) is 0 Å². The highest BCUT2D eigenvalue weighted by atomic mass is 32.2. The molecule has 2 aliphatic carbocycles. The van der Waals surface area contributed by atoms with Crippen molar-refractivity contribution in [3.8, 4) is 11.5 Å². The summed E-state index contributed by atoms with van der Waals surface area (Å²) in [6.45, 7) is 3.78. The van der Waals surface area contributed by atoms with Crippen molar-refractivity contribution in [3.63, 3.8) is 0 Å². The molecular weight excluding hydrogens is 528 g/mol. The van der Waals surface area contributed by atoms with Crippen LogP contribution in [0, 0.1) is 35.5 Å². The first-order valence-electron chi connectivity index (χ1n) is 12.9. The van der Waals surface area contributed by atoms with Crippen molar-refractivity contribution in [2.24, 2.45) is 35.5 Å². The number of fused-ring (bicyclic) bond motifs is 9. The lowest BCUT2D eigenvalue weighted by Crippen LogP contribution is -2.47. The van der Waals surface area contributed by atoms with Crippen molar-refractivity contribution in [1.82, 2.24) is 9.88 Å². The molecule has 11 heteroatoms. The van der Waals surface area contributed by atoms with Gasteiger partial charge < -0.3 is 19.6 Å². The summed E-state index contributed by atoms with van der Waals surface area (Å²) in [6.07, 6.45) is 0.976. The van der Waals surface area contributed by atoms with Gasteiger partial charge in [-0.05, 0) is 54.2 Å². The van der Waals surface area contributed by atoms with Gasteiger partial charge in [0.15, 0.2) is 11.5 Å². The lowest BCUT2D eigenvalue weighted by Gasteiger charge is -2.43. The van der Waals surface area contributed by atoms with Crippen LogP contribution >= 0.6 is 23.1 Å². The Morgan fingerprint density at radius 1 is 1.11 bits per heavy atom. The number of likely N-dealkylation sites (tertiary alicyclic amines) is 1.